The molecule has 1 amide bonds. The molecule has 0 aliphatic carbocycles. The Kier molecular flexibility index (Phi) is 6.85. The van der Waals surface area contributed by atoms with Crippen LogP contribution in [-0.2, 0) is 4.79 Å². The van der Waals surface area contributed by atoms with Crippen molar-refractivity contribution < 1.29 is 13.9 Å². The van der Waals surface area contributed by atoms with E-state index in [0.717, 1.165) is 6.42 Å². The first-order valence-electron chi connectivity index (χ1n) is 6.66. The summed E-state index contributed by atoms with van der Waals surface area (Å²) in [6.45, 7) is 7.34. The Morgan fingerprint density at radius 1 is 1.30 bits per heavy atom. The van der Waals surface area contributed by atoms with Gasteiger partial charge >= 0.3 is 0 Å². The van der Waals surface area contributed by atoms with Gasteiger partial charge in [0.25, 0.3) is 0 Å². The molecule has 1 aromatic carbocycles. The van der Waals surface area contributed by atoms with Gasteiger partial charge in [-0.1, -0.05) is 20.8 Å². The summed E-state index contributed by atoms with van der Waals surface area (Å²) in [6, 6.07) is 5.91. The molecular weight excluding hydrogens is 277 g/mol. The summed E-state index contributed by atoms with van der Waals surface area (Å²) in [5.41, 5.74) is 0. The minimum Gasteiger partial charge on any atom is -0.494 e. The molecule has 0 spiro atoms. The molecular formula is C15H22FNO2S. The number of benzene rings is 1. The van der Waals surface area contributed by atoms with Crippen molar-refractivity contribution in [3.63, 3.8) is 0 Å². The highest BCUT2D eigenvalue weighted by Gasteiger charge is 2.12. The summed E-state index contributed by atoms with van der Waals surface area (Å²) in [4.78, 5) is 11.5. The summed E-state index contributed by atoms with van der Waals surface area (Å²) >= 11 is 1.62. The molecule has 0 saturated heterocycles. The van der Waals surface area contributed by atoms with Gasteiger partial charge < -0.3 is 10.1 Å². The SMILES string of the molecule is CC(C)(C)SCC(=O)NCCCOc1ccc(F)cc1. The summed E-state index contributed by atoms with van der Waals surface area (Å²) in [6.07, 6.45) is 0.725. The molecule has 0 radical (unpaired) electrons. The molecule has 5 heteroatoms. The van der Waals surface area contributed by atoms with Crippen LogP contribution in [0.1, 0.15) is 27.2 Å². The standard InChI is InChI=1S/C15H22FNO2S/c1-15(2,3)20-11-14(18)17-9-4-10-19-13-7-5-12(16)6-8-13/h5-8H,4,9-11H2,1-3H3,(H,17,18). The first-order chi connectivity index (χ1) is 9.37. The maximum atomic E-state index is 12.7. The Hall–Kier alpha value is -1.23. The normalized spacial score (nSPS) is 11.2. The minimum atomic E-state index is -0.277. The van der Waals surface area contributed by atoms with Crippen LogP contribution in [0.2, 0.25) is 0 Å². The van der Waals surface area contributed by atoms with E-state index in [1.165, 1.54) is 12.1 Å². The lowest BCUT2D eigenvalue weighted by molar-refractivity contribution is -0.118. The summed E-state index contributed by atoms with van der Waals surface area (Å²) in [5.74, 6) is 0.885. The summed E-state index contributed by atoms with van der Waals surface area (Å²) < 4.78 is 18.2. The molecule has 0 bridgehead atoms. The predicted molar refractivity (Wildman–Crippen MR) is 81.7 cm³/mol. The highest BCUT2D eigenvalue weighted by molar-refractivity contribution is 8.01. The second-order valence-corrected chi connectivity index (χ2v) is 7.21. The molecule has 0 fully saturated rings. The Balaban J connectivity index is 2.07. The second kappa shape index (κ2) is 8.15. The highest BCUT2D eigenvalue weighted by Crippen LogP contribution is 2.22. The summed E-state index contributed by atoms with van der Waals surface area (Å²) in [5, 5.41) is 2.85. The van der Waals surface area contributed by atoms with Crippen LogP contribution >= 0.6 is 11.8 Å². The van der Waals surface area contributed by atoms with E-state index in [1.807, 2.05) is 0 Å². The van der Waals surface area contributed by atoms with Gasteiger partial charge in [0.15, 0.2) is 0 Å². The fourth-order valence-corrected chi connectivity index (χ4v) is 2.02. The number of carbonyl (C=O) groups excluding carboxylic acids is 1. The van der Waals surface area contributed by atoms with Gasteiger partial charge in [-0.3, -0.25) is 4.79 Å². The number of ether oxygens (including phenoxy) is 1. The molecule has 0 unspecified atom stereocenters. The van der Waals surface area contributed by atoms with Crippen LogP contribution in [0.3, 0.4) is 0 Å². The molecule has 0 saturated carbocycles. The van der Waals surface area contributed by atoms with Crippen LogP contribution in [0.25, 0.3) is 0 Å². The molecule has 0 aliphatic heterocycles. The Labute approximate surface area is 124 Å². The zero-order valence-electron chi connectivity index (χ0n) is 12.2. The van der Waals surface area contributed by atoms with E-state index < -0.39 is 0 Å². The largest absolute Gasteiger partial charge is 0.494 e. The van der Waals surface area contributed by atoms with Crippen molar-refractivity contribution >= 4 is 17.7 Å². The quantitative estimate of drug-likeness (QED) is 0.786. The van der Waals surface area contributed by atoms with Crippen molar-refractivity contribution in [3.05, 3.63) is 30.1 Å². The van der Waals surface area contributed by atoms with Gasteiger partial charge in [0.05, 0.1) is 12.4 Å². The topological polar surface area (TPSA) is 38.3 Å². The van der Waals surface area contributed by atoms with Gasteiger partial charge in [-0.05, 0) is 30.7 Å². The fraction of sp³-hybridized carbons (Fsp3) is 0.533. The molecule has 1 aromatic rings. The number of halogens is 1. The van der Waals surface area contributed by atoms with E-state index in [2.05, 4.69) is 26.1 Å². The minimum absolute atomic E-state index is 0.0479. The van der Waals surface area contributed by atoms with Crippen LogP contribution in [0.15, 0.2) is 24.3 Å². The lowest BCUT2D eigenvalue weighted by atomic mass is 10.3. The van der Waals surface area contributed by atoms with Crippen LogP contribution in [0, 0.1) is 5.82 Å². The van der Waals surface area contributed by atoms with Crippen molar-refractivity contribution in [1.82, 2.24) is 5.32 Å². The molecule has 1 N–H and O–H groups in total. The van der Waals surface area contributed by atoms with Gasteiger partial charge in [-0.15, -0.1) is 11.8 Å². The van der Waals surface area contributed by atoms with Crippen LogP contribution < -0.4 is 10.1 Å². The third kappa shape index (κ3) is 8.04. The molecule has 1 rings (SSSR count). The zero-order chi connectivity index (χ0) is 15.0. The average molecular weight is 299 g/mol. The van der Waals surface area contributed by atoms with Crippen molar-refractivity contribution in [2.75, 3.05) is 18.9 Å². The zero-order valence-corrected chi connectivity index (χ0v) is 13.1. The number of nitrogens with one attached hydrogen (secondary N) is 1. The van der Waals surface area contributed by atoms with E-state index in [4.69, 9.17) is 4.74 Å². The molecule has 112 valence electrons. The molecule has 20 heavy (non-hydrogen) atoms. The average Bonchev–Trinajstić information content (AvgIpc) is 2.37. The predicted octanol–water partition coefficient (Wildman–Crippen LogP) is 3.24. The van der Waals surface area contributed by atoms with E-state index >= 15 is 0 Å². The number of amides is 1. The van der Waals surface area contributed by atoms with Crippen molar-refractivity contribution in [3.8, 4) is 5.75 Å². The van der Waals surface area contributed by atoms with Crippen LogP contribution in [0.4, 0.5) is 4.39 Å². The lowest BCUT2D eigenvalue weighted by Gasteiger charge is -2.16. The van der Waals surface area contributed by atoms with Crippen molar-refractivity contribution in [2.45, 2.75) is 31.9 Å². The smallest absolute Gasteiger partial charge is 0.230 e. The Bertz CT molecular complexity index is 415. The van der Waals surface area contributed by atoms with Gasteiger partial charge in [-0.25, -0.2) is 4.39 Å². The van der Waals surface area contributed by atoms with E-state index in [1.54, 1.807) is 23.9 Å². The third-order valence-electron chi connectivity index (χ3n) is 2.36. The maximum Gasteiger partial charge on any atom is 0.230 e. The first-order valence-corrected chi connectivity index (χ1v) is 7.64. The van der Waals surface area contributed by atoms with Crippen molar-refractivity contribution in [2.24, 2.45) is 0 Å². The van der Waals surface area contributed by atoms with Gasteiger partial charge in [0.2, 0.25) is 5.91 Å². The Morgan fingerprint density at radius 3 is 2.55 bits per heavy atom. The van der Waals surface area contributed by atoms with E-state index in [-0.39, 0.29) is 16.5 Å². The molecule has 3 nitrogen and oxygen atoms in total. The Morgan fingerprint density at radius 2 is 1.95 bits per heavy atom. The van der Waals surface area contributed by atoms with Gasteiger partial charge in [0, 0.05) is 11.3 Å². The summed E-state index contributed by atoms with van der Waals surface area (Å²) in [7, 11) is 0. The first kappa shape index (κ1) is 16.8. The molecule has 0 aliphatic rings. The van der Waals surface area contributed by atoms with Crippen LogP contribution in [-0.4, -0.2) is 29.6 Å². The van der Waals surface area contributed by atoms with E-state index in [9.17, 15) is 9.18 Å². The number of carbonyl (C=O) groups is 1. The monoisotopic (exact) mass is 299 g/mol. The van der Waals surface area contributed by atoms with E-state index in [0.29, 0.717) is 24.7 Å². The third-order valence-corrected chi connectivity index (χ3v) is 3.63. The number of thioether (sulfide) groups is 1. The highest BCUT2D eigenvalue weighted by atomic mass is 32.2. The molecule has 0 atom stereocenters. The lowest BCUT2D eigenvalue weighted by Crippen LogP contribution is -2.28. The number of rotatable bonds is 7. The van der Waals surface area contributed by atoms with Crippen LogP contribution in [0.5, 0.6) is 5.75 Å². The van der Waals surface area contributed by atoms with Crippen molar-refractivity contribution in [1.29, 1.82) is 0 Å². The van der Waals surface area contributed by atoms with Gasteiger partial charge in [0.1, 0.15) is 11.6 Å². The second-order valence-electron chi connectivity index (χ2n) is 5.41. The number of hydrogen-bond donors (Lipinski definition) is 1. The molecule has 0 aromatic heterocycles. The van der Waals surface area contributed by atoms with Gasteiger partial charge in [-0.2, -0.15) is 0 Å². The maximum absolute atomic E-state index is 12.7. The number of hydrogen-bond acceptors (Lipinski definition) is 3. The molecule has 0 heterocycles. The fourth-order valence-electron chi connectivity index (χ4n) is 1.35.